The summed E-state index contributed by atoms with van der Waals surface area (Å²) >= 11 is 5.99. The maximum Gasteiger partial charge on any atom is 0.242 e. The number of benzene rings is 2. The monoisotopic (exact) mass is 523 g/mol. The number of methoxy groups -OCH3 is 1. The van der Waals surface area contributed by atoms with Crippen LogP contribution < -0.4 is 14.4 Å². The molecule has 0 aliphatic heterocycles. The van der Waals surface area contributed by atoms with Gasteiger partial charge < -0.3 is 15.0 Å². The Morgan fingerprint density at radius 3 is 2.37 bits per heavy atom. The fourth-order valence-electron chi connectivity index (χ4n) is 3.77. The minimum absolute atomic E-state index is 0.0828. The Labute approximate surface area is 213 Å². The predicted octanol–water partition coefficient (Wildman–Crippen LogP) is 3.84. The molecule has 1 unspecified atom stereocenters. The molecule has 0 radical (unpaired) electrons. The molecule has 2 amide bonds. The van der Waals surface area contributed by atoms with Crippen molar-refractivity contribution in [2.45, 2.75) is 45.7 Å². The molecule has 1 atom stereocenters. The number of nitrogens with zero attached hydrogens (tertiary/aromatic N) is 2. The van der Waals surface area contributed by atoms with Gasteiger partial charge in [0.25, 0.3) is 0 Å². The normalized spacial score (nSPS) is 12.0. The molecule has 0 saturated carbocycles. The lowest BCUT2D eigenvalue weighted by molar-refractivity contribution is -0.141. The number of halogens is 1. The zero-order chi connectivity index (χ0) is 26.0. The summed E-state index contributed by atoms with van der Waals surface area (Å²) in [5.41, 5.74) is 1.31. The number of amides is 2. The first kappa shape index (κ1) is 28.5. The Kier molecular flexibility index (Phi) is 10.9. The number of likely N-dealkylation sites (N-methyl/N-ethyl adjacent to an activating group) is 1. The number of hydrogen-bond acceptors (Lipinski definition) is 5. The van der Waals surface area contributed by atoms with Gasteiger partial charge in [0, 0.05) is 37.1 Å². The first-order valence-corrected chi connectivity index (χ1v) is 13.8. The second kappa shape index (κ2) is 13.3. The summed E-state index contributed by atoms with van der Waals surface area (Å²) < 4.78 is 31.4. The Morgan fingerprint density at radius 1 is 1.11 bits per heavy atom. The van der Waals surface area contributed by atoms with Crippen LogP contribution in [0.4, 0.5) is 5.69 Å². The van der Waals surface area contributed by atoms with E-state index >= 15 is 0 Å². The van der Waals surface area contributed by atoms with Crippen molar-refractivity contribution in [1.82, 2.24) is 10.2 Å². The van der Waals surface area contributed by atoms with E-state index in [1.807, 2.05) is 26.0 Å². The highest BCUT2D eigenvalue weighted by Crippen LogP contribution is 2.24. The molecule has 192 valence electrons. The van der Waals surface area contributed by atoms with Crippen molar-refractivity contribution in [2.24, 2.45) is 0 Å². The average molecular weight is 524 g/mol. The van der Waals surface area contributed by atoms with Crippen molar-refractivity contribution >= 4 is 39.1 Å². The molecular weight excluding hydrogens is 490 g/mol. The van der Waals surface area contributed by atoms with Crippen LogP contribution in [0.2, 0.25) is 5.02 Å². The summed E-state index contributed by atoms with van der Waals surface area (Å²) in [5.74, 6) is 0.0951. The Hall–Kier alpha value is -2.78. The predicted molar refractivity (Wildman–Crippen MR) is 139 cm³/mol. The largest absolute Gasteiger partial charge is 0.497 e. The van der Waals surface area contributed by atoms with Crippen molar-refractivity contribution in [3.63, 3.8) is 0 Å². The van der Waals surface area contributed by atoms with Crippen LogP contribution >= 0.6 is 11.6 Å². The maximum atomic E-state index is 13.3. The molecule has 2 aromatic carbocycles. The molecule has 0 bridgehead atoms. The number of rotatable bonds is 13. The lowest BCUT2D eigenvalue weighted by Crippen LogP contribution is -2.49. The molecule has 10 heteroatoms. The third kappa shape index (κ3) is 8.43. The molecule has 0 aromatic heterocycles. The number of carbonyl (C=O) groups is 2. The van der Waals surface area contributed by atoms with Gasteiger partial charge in [-0.15, -0.1) is 0 Å². The van der Waals surface area contributed by atoms with E-state index in [1.165, 1.54) is 11.4 Å². The minimum Gasteiger partial charge on any atom is -0.497 e. The van der Waals surface area contributed by atoms with Crippen LogP contribution in [0.5, 0.6) is 5.75 Å². The summed E-state index contributed by atoms with van der Waals surface area (Å²) in [6, 6.07) is 13.2. The van der Waals surface area contributed by atoms with Gasteiger partial charge in [0.2, 0.25) is 21.8 Å². The summed E-state index contributed by atoms with van der Waals surface area (Å²) in [7, 11) is -2.07. The molecule has 0 spiro atoms. The van der Waals surface area contributed by atoms with Gasteiger partial charge in [-0.1, -0.05) is 36.7 Å². The zero-order valence-corrected chi connectivity index (χ0v) is 22.2. The van der Waals surface area contributed by atoms with Gasteiger partial charge in [-0.3, -0.25) is 13.9 Å². The Morgan fingerprint density at radius 2 is 1.80 bits per heavy atom. The number of carbonyl (C=O) groups excluding carboxylic acids is 2. The molecule has 2 aromatic rings. The van der Waals surface area contributed by atoms with Crippen molar-refractivity contribution in [3.05, 3.63) is 59.1 Å². The van der Waals surface area contributed by atoms with E-state index < -0.39 is 16.1 Å². The van der Waals surface area contributed by atoms with E-state index in [0.717, 1.165) is 11.8 Å². The molecule has 0 fully saturated rings. The molecular formula is C25H34ClN3O5S. The number of hydrogen-bond donors (Lipinski definition) is 1. The van der Waals surface area contributed by atoms with Gasteiger partial charge in [0.15, 0.2) is 0 Å². The smallest absolute Gasteiger partial charge is 0.242 e. The van der Waals surface area contributed by atoms with Gasteiger partial charge >= 0.3 is 0 Å². The summed E-state index contributed by atoms with van der Waals surface area (Å²) in [6.07, 6.45) is 1.94. The summed E-state index contributed by atoms with van der Waals surface area (Å²) in [6.45, 7) is 4.51. The third-order valence-corrected chi connectivity index (χ3v) is 6.94. The zero-order valence-electron chi connectivity index (χ0n) is 20.7. The van der Waals surface area contributed by atoms with Crippen molar-refractivity contribution in [3.8, 4) is 5.75 Å². The van der Waals surface area contributed by atoms with Crippen LogP contribution in [0.25, 0.3) is 0 Å². The van der Waals surface area contributed by atoms with E-state index in [4.69, 9.17) is 16.3 Å². The van der Waals surface area contributed by atoms with E-state index in [9.17, 15) is 18.0 Å². The van der Waals surface area contributed by atoms with Crippen molar-refractivity contribution in [2.75, 3.05) is 30.8 Å². The van der Waals surface area contributed by atoms with Gasteiger partial charge in [0.1, 0.15) is 11.8 Å². The van der Waals surface area contributed by atoms with Crippen LogP contribution in [-0.4, -0.2) is 57.6 Å². The molecule has 35 heavy (non-hydrogen) atoms. The van der Waals surface area contributed by atoms with E-state index in [-0.39, 0.29) is 37.7 Å². The van der Waals surface area contributed by atoms with Crippen LogP contribution in [0.1, 0.15) is 38.7 Å². The molecule has 0 aliphatic rings. The van der Waals surface area contributed by atoms with Crippen molar-refractivity contribution in [1.29, 1.82) is 0 Å². The first-order chi connectivity index (χ1) is 16.6. The standard InChI is InChI=1S/C25H34ClN3O5S/c1-5-23(25(31)27-6-2)28(18-19-12-14-20(26)15-13-19)24(30)11-8-16-29(35(4,32)33)21-9-7-10-22(17-21)34-3/h7,9-10,12-15,17,23H,5-6,8,11,16,18H2,1-4H3,(H,27,31). The molecule has 0 heterocycles. The van der Waals surface area contributed by atoms with E-state index in [1.54, 1.807) is 41.3 Å². The second-order valence-corrected chi connectivity index (χ2v) is 10.5. The van der Waals surface area contributed by atoms with Crippen LogP contribution in [0.15, 0.2) is 48.5 Å². The fourth-order valence-corrected chi connectivity index (χ4v) is 4.85. The quantitative estimate of drug-likeness (QED) is 0.430. The number of sulfonamides is 1. The van der Waals surface area contributed by atoms with Crippen LogP contribution in [0.3, 0.4) is 0 Å². The van der Waals surface area contributed by atoms with E-state index in [2.05, 4.69) is 5.32 Å². The molecule has 0 aliphatic carbocycles. The fraction of sp³-hybridized carbons (Fsp3) is 0.440. The Balaban J connectivity index is 2.20. The summed E-state index contributed by atoms with van der Waals surface area (Å²) in [5, 5.41) is 3.38. The summed E-state index contributed by atoms with van der Waals surface area (Å²) in [4.78, 5) is 27.6. The maximum absolute atomic E-state index is 13.3. The molecule has 2 rings (SSSR count). The molecule has 1 N–H and O–H groups in total. The highest BCUT2D eigenvalue weighted by molar-refractivity contribution is 7.92. The van der Waals surface area contributed by atoms with Gasteiger partial charge in [-0.25, -0.2) is 8.42 Å². The first-order valence-electron chi connectivity index (χ1n) is 11.5. The van der Waals surface area contributed by atoms with Gasteiger partial charge in [-0.2, -0.15) is 0 Å². The highest BCUT2D eigenvalue weighted by Gasteiger charge is 2.28. The van der Waals surface area contributed by atoms with Gasteiger partial charge in [0.05, 0.1) is 19.1 Å². The topological polar surface area (TPSA) is 96.0 Å². The molecule has 8 nitrogen and oxygen atoms in total. The van der Waals surface area contributed by atoms with E-state index in [0.29, 0.717) is 29.4 Å². The second-order valence-electron chi connectivity index (χ2n) is 8.11. The average Bonchev–Trinajstić information content (AvgIpc) is 2.82. The Bertz CT molecular complexity index is 1090. The highest BCUT2D eigenvalue weighted by atomic mass is 35.5. The number of anilines is 1. The van der Waals surface area contributed by atoms with Crippen molar-refractivity contribution < 1.29 is 22.7 Å². The van der Waals surface area contributed by atoms with Crippen LogP contribution in [0, 0.1) is 0 Å². The number of ether oxygens (including phenoxy) is 1. The van der Waals surface area contributed by atoms with Gasteiger partial charge in [-0.05, 0) is 49.6 Å². The SMILES string of the molecule is CCNC(=O)C(CC)N(Cc1ccc(Cl)cc1)C(=O)CCCN(c1cccc(OC)c1)S(C)(=O)=O. The lowest BCUT2D eigenvalue weighted by atomic mass is 10.1. The number of nitrogens with one attached hydrogen (secondary N) is 1. The third-order valence-electron chi connectivity index (χ3n) is 5.50. The van der Waals surface area contributed by atoms with Crippen LogP contribution in [-0.2, 0) is 26.2 Å². The molecule has 0 saturated heterocycles. The lowest BCUT2D eigenvalue weighted by Gasteiger charge is -2.31. The minimum atomic E-state index is -3.58.